The van der Waals surface area contributed by atoms with Gasteiger partial charge in [-0.2, -0.15) is 0 Å². The van der Waals surface area contributed by atoms with Crippen molar-refractivity contribution in [3.63, 3.8) is 0 Å². The van der Waals surface area contributed by atoms with Crippen LogP contribution in [0.25, 0.3) is 0 Å². The molecule has 0 unspecified atom stereocenters. The molecule has 1 aromatic carbocycles. The largest absolute Gasteiger partial charge is 2.00 e. The average molecular weight is 181 g/mol. The van der Waals surface area contributed by atoms with Crippen molar-refractivity contribution in [2.45, 2.75) is 19.8 Å². The van der Waals surface area contributed by atoms with Crippen molar-refractivity contribution in [1.82, 2.24) is 0 Å². The summed E-state index contributed by atoms with van der Waals surface area (Å²) in [6, 6.07) is 7.98. The van der Waals surface area contributed by atoms with Gasteiger partial charge in [0, 0.05) is 5.02 Å². The van der Waals surface area contributed by atoms with Gasteiger partial charge in [0.05, 0.1) is 0 Å². The first-order chi connectivity index (χ1) is 4.70. The standard InChI is InChI=1S/C9H11Cl.Mg.2H/c1-7(2)8-3-5-9(10)6-4-8;;;/h3-7H,1-2H3;;;/q;+2;2*-1. The summed E-state index contributed by atoms with van der Waals surface area (Å²) in [5.74, 6) is 0.595. The van der Waals surface area contributed by atoms with Gasteiger partial charge in [0.25, 0.3) is 0 Å². The molecule has 1 rings (SSSR count). The van der Waals surface area contributed by atoms with Crippen molar-refractivity contribution < 1.29 is 2.85 Å². The molecule has 0 amide bonds. The molecule has 0 aliphatic heterocycles. The smallest absolute Gasteiger partial charge is 1.00 e. The van der Waals surface area contributed by atoms with Crippen LogP contribution in [0.15, 0.2) is 24.3 Å². The van der Waals surface area contributed by atoms with E-state index in [0.29, 0.717) is 5.92 Å². The van der Waals surface area contributed by atoms with E-state index in [4.69, 9.17) is 11.6 Å². The molecule has 0 bridgehead atoms. The predicted molar refractivity (Wildman–Crippen MR) is 53.5 cm³/mol. The molecular weight excluding hydrogens is 168 g/mol. The van der Waals surface area contributed by atoms with Crippen LogP contribution in [-0.2, 0) is 0 Å². The molecule has 0 aliphatic carbocycles. The maximum absolute atomic E-state index is 5.72. The molecule has 0 spiro atoms. The molecule has 0 radical (unpaired) electrons. The van der Waals surface area contributed by atoms with E-state index >= 15 is 0 Å². The molecular formula is C9H13ClMg. The third-order valence-corrected chi connectivity index (χ3v) is 1.79. The van der Waals surface area contributed by atoms with Gasteiger partial charge in [0.2, 0.25) is 0 Å². The molecule has 0 atom stereocenters. The topological polar surface area (TPSA) is 0 Å². The van der Waals surface area contributed by atoms with E-state index in [1.54, 1.807) is 0 Å². The fraction of sp³-hybridized carbons (Fsp3) is 0.333. The number of hydrogen-bond donors (Lipinski definition) is 0. The molecule has 0 N–H and O–H groups in total. The van der Waals surface area contributed by atoms with Crippen LogP contribution >= 0.6 is 11.6 Å². The summed E-state index contributed by atoms with van der Waals surface area (Å²) in [4.78, 5) is 0. The predicted octanol–water partition coefficient (Wildman–Crippen LogP) is 3.31. The first-order valence-electron chi connectivity index (χ1n) is 3.45. The fourth-order valence-corrected chi connectivity index (χ4v) is 0.974. The van der Waals surface area contributed by atoms with Crippen molar-refractivity contribution in [3.8, 4) is 0 Å². The third kappa shape index (κ3) is 3.45. The maximum Gasteiger partial charge on any atom is 2.00 e. The van der Waals surface area contributed by atoms with Crippen LogP contribution in [0.1, 0.15) is 28.2 Å². The minimum Gasteiger partial charge on any atom is -1.00 e. The maximum atomic E-state index is 5.72. The van der Waals surface area contributed by atoms with Crippen LogP contribution in [0.2, 0.25) is 5.02 Å². The summed E-state index contributed by atoms with van der Waals surface area (Å²) >= 11 is 5.72. The van der Waals surface area contributed by atoms with Gasteiger partial charge in [-0.25, -0.2) is 0 Å². The van der Waals surface area contributed by atoms with E-state index in [2.05, 4.69) is 26.0 Å². The molecule has 0 aromatic heterocycles. The normalized spacial score (nSPS) is 9.45. The molecule has 1 aromatic rings. The number of benzene rings is 1. The van der Waals surface area contributed by atoms with E-state index in [1.807, 2.05) is 12.1 Å². The Morgan fingerprint density at radius 2 is 1.64 bits per heavy atom. The molecule has 0 nitrogen and oxygen atoms in total. The van der Waals surface area contributed by atoms with Gasteiger partial charge in [0.15, 0.2) is 0 Å². The quantitative estimate of drug-likeness (QED) is 0.583. The van der Waals surface area contributed by atoms with Gasteiger partial charge >= 0.3 is 23.1 Å². The van der Waals surface area contributed by atoms with Crippen molar-refractivity contribution >= 4 is 34.7 Å². The van der Waals surface area contributed by atoms with Crippen molar-refractivity contribution in [1.29, 1.82) is 0 Å². The van der Waals surface area contributed by atoms with Gasteiger partial charge in [0.1, 0.15) is 0 Å². The monoisotopic (exact) mass is 180 g/mol. The van der Waals surface area contributed by atoms with Crippen molar-refractivity contribution in [2.75, 3.05) is 0 Å². The minimum atomic E-state index is 0. The van der Waals surface area contributed by atoms with Crippen molar-refractivity contribution in [3.05, 3.63) is 34.9 Å². The first kappa shape index (κ1) is 11.3. The van der Waals surface area contributed by atoms with Crippen LogP contribution < -0.4 is 0 Å². The summed E-state index contributed by atoms with van der Waals surface area (Å²) in [6.45, 7) is 4.34. The molecule has 0 heterocycles. The molecule has 0 saturated carbocycles. The summed E-state index contributed by atoms with van der Waals surface area (Å²) in [6.07, 6.45) is 0. The zero-order valence-corrected chi connectivity index (χ0v) is 9.14. The van der Waals surface area contributed by atoms with Gasteiger partial charge in [-0.05, 0) is 23.6 Å². The molecule has 11 heavy (non-hydrogen) atoms. The van der Waals surface area contributed by atoms with E-state index in [1.165, 1.54) is 5.56 Å². The Labute approximate surface area is 92.1 Å². The Balaban J connectivity index is -0.000000333. The molecule has 0 fully saturated rings. The van der Waals surface area contributed by atoms with Crippen LogP contribution in [0, 0.1) is 0 Å². The minimum absolute atomic E-state index is 0. The Morgan fingerprint density at radius 3 is 2.00 bits per heavy atom. The summed E-state index contributed by atoms with van der Waals surface area (Å²) in [5, 5.41) is 0.810. The van der Waals surface area contributed by atoms with E-state index in [0.717, 1.165) is 5.02 Å². The SMILES string of the molecule is CC(C)c1ccc(Cl)cc1.[H-].[H-].[Mg+2]. The summed E-state index contributed by atoms with van der Waals surface area (Å²) < 4.78 is 0. The van der Waals surface area contributed by atoms with Crippen LogP contribution in [-0.4, -0.2) is 23.1 Å². The summed E-state index contributed by atoms with van der Waals surface area (Å²) in [5.41, 5.74) is 1.34. The van der Waals surface area contributed by atoms with Crippen molar-refractivity contribution in [2.24, 2.45) is 0 Å². The second kappa shape index (κ2) is 5.02. The number of halogens is 1. The van der Waals surface area contributed by atoms with Gasteiger partial charge < -0.3 is 2.85 Å². The molecule has 58 valence electrons. The van der Waals surface area contributed by atoms with Crippen LogP contribution in [0.4, 0.5) is 0 Å². The Bertz CT molecular complexity index is 211. The average Bonchev–Trinajstić information content (AvgIpc) is 1.88. The van der Waals surface area contributed by atoms with Gasteiger partial charge in [-0.1, -0.05) is 37.6 Å². The Kier molecular flexibility index (Phi) is 5.14. The Morgan fingerprint density at radius 1 is 1.18 bits per heavy atom. The second-order valence-electron chi connectivity index (χ2n) is 2.71. The van der Waals surface area contributed by atoms with Crippen LogP contribution in [0.3, 0.4) is 0 Å². The second-order valence-corrected chi connectivity index (χ2v) is 3.14. The molecule has 0 saturated heterocycles. The van der Waals surface area contributed by atoms with Crippen LogP contribution in [0.5, 0.6) is 0 Å². The fourth-order valence-electron chi connectivity index (χ4n) is 0.848. The van der Waals surface area contributed by atoms with E-state index in [-0.39, 0.29) is 25.9 Å². The Hall–Kier alpha value is 0.276. The van der Waals surface area contributed by atoms with Gasteiger partial charge in [-0.15, -0.1) is 0 Å². The first-order valence-corrected chi connectivity index (χ1v) is 3.83. The van der Waals surface area contributed by atoms with E-state index < -0.39 is 0 Å². The molecule has 0 aliphatic rings. The zero-order chi connectivity index (χ0) is 7.56. The number of hydrogen-bond acceptors (Lipinski definition) is 0. The van der Waals surface area contributed by atoms with Gasteiger partial charge in [-0.3, -0.25) is 0 Å². The third-order valence-electron chi connectivity index (χ3n) is 1.54. The molecule has 2 heteroatoms. The van der Waals surface area contributed by atoms with E-state index in [9.17, 15) is 0 Å². The number of rotatable bonds is 1. The zero-order valence-electron chi connectivity index (χ0n) is 8.97. The summed E-state index contributed by atoms with van der Waals surface area (Å²) in [7, 11) is 0.